The highest BCUT2D eigenvalue weighted by molar-refractivity contribution is 7.92. The molecule has 0 aliphatic carbocycles. The van der Waals surface area contributed by atoms with Gasteiger partial charge in [-0.25, -0.2) is 8.42 Å². The third-order valence-electron chi connectivity index (χ3n) is 5.64. The molecule has 0 unspecified atom stereocenters. The molecule has 1 N–H and O–H groups in total. The molecule has 190 valence electrons. The number of nitrogens with zero attached hydrogens (tertiary/aromatic N) is 2. The van der Waals surface area contributed by atoms with Crippen LogP contribution in [0, 0.1) is 0 Å². The number of rotatable bonds is 10. The zero-order valence-electron chi connectivity index (χ0n) is 19.9. The van der Waals surface area contributed by atoms with Gasteiger partial charge in [0.15, 0.2) is 0 Å². The van der Waals surface area contributed by atoms with E-state index >= 15 is 0 Å². The van der Waals surface area contributed by atoms with Crippen LogP contribution < -0.4 is 9.62 Å². The Labute approximate surface area is 221 Å². The van der Waals surface area contributed by atoms with Crippen LogP contribution in [0.5, 0.6) is 0 Å². The van der Waals surface area contributed by atoms with Crippen LogP contribution in [0.15, 0.2) is 83.8 Å². The molecule has 0 bridgehead atoms. The lowest BCUT2D eigenvalue weighted by molar-refractivity contribution is -0.140. The molecule has 2 amide bonds. The predicted molar refractivity (Wildman–Crippen MR) is 143 cm³/mol. The molecule has 3 aromatic carbocycles. The van der Waals surface area contributed by atoms with Crippen molar-refractivity contribution in [3.63, 3.8) is 0 Å². The number of para-hydroxylation sites is 1. The highest BCUT2D eigenvalue weighted by Gasteiger charge is 2.33. The van der Waals surface area contributed by atoms with E-state index in [0.717, 1.165) is 4.31 Å². The lowest BCUT2D eigenvalue weighted by Crippen LogP contribution is -2.51. The zero-order valence-corrected chi connectivity index (χ0v) is 22.2. The van der Waals surface area contributed by atoms with E-state index in [4.69, 9.17) is 23.2 Å². The first kappa shape index (κ1) is 27.5. The average molecular weight is 548 g/mol. The van der Waals surface area contributed by atoms with Gasteiger partial charge in [0.05, 0.1) is 10.6 Å². The van der Waals surface area contributed by atoms with Crippen LogP contribution in [0.3, 0.4) is 0 Å². The molecule has 3 aromatic rings. The second-order valence-corrected chi connectivity index (χ2v) is 10.7. The third kappa shape index (κ3) is 6.37. The van der Waals surface area contributed by atoms with Gasteiger partial charge in [0.25, 0.3) is 10.0 Å². The van der Waals surface area contributed by atoms with Gasteiger partial charge in [-0.1, -0.05) is 72.6 Å². The molecular formula is C26H27Cl2N3O4S. The van der Waals surface area contributed by atoms with Crippen molar-refractivity contribution in [1.29, 1.82) is 0 Å². The highest BCUT2D eigenvalue weighted by atomic mass is 35.5. The van der Waals surface area contributed by atoms with Crippen molar-refractivity contribution in [2.45, 2.75) is 30.8 Å². The van der Waals surface area contributed by atoms with E-state index in [0.29, 0.717) is 27.7 Å². The van der Waals surface area contributed by atoms with E-state index in [1.54, 1.807) is 73.7 Å². The molecule has 10 heteroatoms. The molecule has 1 atom stereocenters. The summed E-state index contributed by atoms with van der Waals surface area (Å²) in [6.07, 6.45) is 0.313. The minimum Gasteiger partial charge on any atom is -0.357 e. The average Bonchev–Trinajstić information content (AvgIpc) is 2.88. The quantitative estimate of drug-likeness (QED) is 0.397. The Morgan fingerprint density at radius 3 is 2.11 bits per heavy atom. The fourth-order valence-corrected chi connectivity index (χ4v) is 5.67. The molecule has 0 saturated carbocycles. The van der Waals surface area contributed by atoms with Crippen LogP contribution in [0.4, 0.5) is 5.69 Å². The Bertz CT molecular complexity index is 1310. The number of likely N-dealkylation sites (N-methyl/N-ethyl adjacent to an activating group) is 1. The summed E-state index contributed by atoms with van der Waals surface area (Å²) in [6, 6.07) is 20.3. The lowest BCUT2D eigenvalue weighted by atomic mass is 10.1. The molecule has 3 rings (SSSR count). The molecule has 7 nitrogen and oxygen atoms in total. The smallest absolute Gasteiger partial charge is 0.264 e. The van der Waals surface area contributed by atoms with Crippen LogP contribution in [0.2, 0.25) is 10.0 Å². The largest absolute Gasteiger partial charge is 0.357 e. The summed E-state index contributed by atoms with van der Waals surface area (Å²) in [5.74, 6) is -0.923. The first-order chi connectivity index (χ1) is 17.2. The number of amides is 2. The molecule has 0 heterocycles. The van der Waals surface area contributed by atoms with Gasteiger partial charge in [0.2, 0.25) is 11.8 Å². The minimum absolute atomic E-state index is 0.00518. The molecule has 0 radical (unpaired) electrons. The van der Waals surface area contributed by atoms with Crippen molar-refractivity contribution in [3.05, 3.63) is 94.5 Å². The second-order valence-electron chi connectivity index (χ2n) is 7.96. The van der Waals surface area contributed by atoms with Crippen molar-refractivity contribution >= 4 is 50.7 Å². The van der Waals surface area contributed by atoms with Crippen LogP contribution >= 0.6 is 23.2 Å². The van der Waals surface area contributed by atoms with Gasteiger partial charge in [0, 0.05) is 23.6 Å². The maximum atomic E-state index is 13.8. The minimum atomic E-state index is -4.09. The van der Waals surface area contributed by atoms with Crippen LogP contribution in [-0.2, 0) is 26.2 Å². The molecule has 0 aromatic heterocycles. The summed E-state index contributed by atoms with van der Waals surface area (Å²) in [4.78, 5) is 27.9. The first-order valence-corrected chi connectivity index (χ1v) is 13.5. The Balaban J connectivity index is 2.04. The molecule has 0 aliphatic rings. The highest BCUT2D eigenvalue weighted by Crippen LogP contribution is 2.26. The molecule has 0 spiro atoms. The van der Waals surface area contributed by atoms with E-state index in [1.165, 1.54) is 24.1 Å². The van der Waals surface area contributed by atoms with Gasteiger partial charge < -0.3 is 10.2 Å². The van der Waals surface area contributed by atoms with Crippen molar-refractivity contribution in [3.8, 4) is 0 Å². The number of benzene rings is 3. The summed E-state index contributed by atoms with van der Waals surface area (Å²) in [5.41, 5.74) is 0.904. The lowest BCUT2D eigenvalue weighted by Gasteiger charge is -2.33. The van der Waals surface area contributed by atoms with E-state index in [1.807, 2.05) is 0 Å². The van der Waals surface area contributed by atoms with E-state index in [2.05, 4.69) is 5.32 Å². The molecular weight excluding hydrogens is 521 g/mol. The van der Waals surface area contributed by atoms with Crippen LogP contribution in [0.25, 0.3) is 0 Å². The Morgan fingerprint density at radius 2 is 1.56 bits per heavy atom. The second kappa shape index (κ2) is 12.3. The molecule has 36 heavy (non-hydrogen) atoms. The monoisotopic (exact) mass is 547 g/mol. The fourth-order valence-electron chi connectivity index (χ4n) is 3.76. The summed E-state index contributed by atoms with van der Waals surface area (Å²) >= 11 is 12.4. The van der Waals surface area contributed by atoms with Gasteiger partial charge in [-0.3, -0.25) is 13.9 Å². The zero-order chi connectivity index (χ0) is 26.3. The first-order valence-electron chi connectivity index (χ1n) is 11.3. The number of carbonyl (C=O) groups is 2. The SMILES string of the molecule is CC[C@H](C(=O)NC)N(Cc1ccc(Cl)cc1Cl)C(=O)CN(c1ccccc1)S(=O)(=O)c1ccccc1. The van der Waals surface area contributed by atoms with Crippen molar-refractivity contribution in [2.75, 3.05) is 17.9 Å². The van der Waals surface area contributed by atoms with Gasteiger partial charge in [-0.15, -0.1) is 0 Å². The third-order valence-corrected chi connectivity index (χ3v) is 8.02. The maximum absolute atomic E-state index is 13.8. The maximum Gasteiger partial charge on any atom is 0.264 e. The number of anilines is 1. The Hall–Kier alpha value is -3.07. The summed E-state index contributed by atoms with van der Waals surface area (Å²) in [7, 11) is -2.60. The number of halogens is 2. The Kier molecular flexibility index (Phi) is 9.37. The van der Waals surface area contributed by atoms with Gasteiger partial charge in [-0.2, -0.15) is 0 Å². The van der Waals surface area contributed by atoms with Gasteiger partial charge in [-0.05, 0) is 48.4 Å². The van der Waals surface area contributed by atoms with Crippen LogP contribution in [0.1, 0.15) is 18.9 Å². The summed E-state index contributed by atoms with van der Waals surface area (Å²) < 4.78 is 28.3. The van der Waals surface area contributed by atoms with Crippen molar-refractivity contribution < 1.29 is 18.0 Å². The standard InChI is InChI=1S/C26H27Cl2N3O4S/c1-3-24(26(33)29-2)30(17-19-14-15-20(27)16-23(19)28)25(32)18-31(21-10-6-4-7-11-21)36(34,35)22-12-8-5-9-13-22/h4-16,24H,3,17-18H2,1-2H3,(H,29,33)/t24-/m1/s1. The van der Waals surface area contributed by atoms with Crippen molar-refractivity contribution in [2.24, 2.45) is 0 Å². The number of carbonyl (C=O) groups excluding carboxylic acids is 2. The van der Waals surface area contributed by atoms with Crippen molar-refractivity contribution in [1.82, 2.24) is 10.2 Å². The Morgan fingerprint density at radius 1 is 0.944 bits per heavy atom. The summed E-state index contributed by atoms with van der Waals surface area (Å²) in [5, 5.41) is 3.35. The predicted octanol–water partition coefficient (Wildman–Crippen LogP) is 4.74. The van der Waals surface area contributed by atoms with E-state index in [-0.39, 0.29) is 17.3 Å². The normalized spacial score (nSPS) is 12.0. The van der Waals surface area contributed by atoms with Crippen LogP contribution in [-0.4, -0.2) is 44.8 Å². The van der Waals surface area contributed by atoms with Gasteiger partial charge in [0.1, 0.15) is 12.6 Å². The number of sulfonamides is 1. The summed E-state index contributed by atoms with van der Waals surface area (Å²) in [6.45, 7) is 1.26. The number of hydrogen-bond acceptors (Lipinski definition) is 4. The number of hydrogen-bond donors (Lipinski definition) is 1. The number of nitrogens with one attached hydrogen (secondary N) is 1. The fraction of sp³-hybridized carbons (Fsp3) is 0.231. The van der Waals surface area contributed by atoms with E-state index < -0.39 is 28.5 Å². The molecule has 0 aliphatic heterocycles. The molecule has 0 saturated heterocycles. The van der Waals surface area contributed by atoms with E-state index in [9.17, 15) is 18.0 Å². The topological polar surface area (TPSA) is 86.8 Å². The molecule has 0 fully saturated rings. The van der Waals surface area contributed by atoms with Gasteiger partial charge >= 0.3 is 0 Å².